The number of ether oxygens (including phenoxy) is 1. The van der Waals surface area contributed by atoms with Gasteiger partial charge in [0.15, 0.2) is 0 Å². The largest absolute Gasteiger partial charge is 0.361 e. The molecule has 0 aromatic rings. The third-order valence-corrected chi connectivity index (χ3v) is 3.75. The highest BCUT2D eigenvalue weighted by atomic mass is 35.5. The molecule has 0 aliphatic carbocycles. The predicted octanol–water partition coefficient (Wildman–Crippen LogP) is 0.781. The second-order valence-electron chi connectivity index (χ2n) is 4.31. The van der Waals surface area contributed by atoms with Crippen molar-refractivity contribution in [3.63, 3.8) is 0 Å². The molecule has 3 heterocycles. The van der Waals surface area contributed by atoms with Crippen LogP contribution in [0.5, 0.6) is 0 Å². The Balaban J connectivity index is 1.82. The molecule has 0 unspecified atom stereocenters. The van der Waals surface area contributed by atoms with Crippen LogP contribution in [0.15, 0.2) is 12.2 Å². The average Bonchev–Trinajstić information content (AvgIpc) is 2.80. The molecular formula is C10H12ClNO2. The summed E-state index contributed by atoms with van der Waals surface area (Å²) in [7, 11) is 0. The first-order valence-electron chi connectivity index (χ1n) is 4.94. The van der Waals surface area contributed by atoms with Gasteiger partial charge in [-0.25, -0.2) is 0 Å². The summed E-state index contributed by atoms with van der Waals surface area (Å²) in [6, 6.07) is 0. The van der Waals surface area contributed by atoms with E-state index >= 15 is 0 Å². The van der Waals surface area contributed by atoms with Crippen LogP contribution < -0.4 is 0 Å². The summed E-state index contributed by atoms with van der Waals surface area (Å²) in [5.41, 5.74) is -0.160. The Hall–Kier alpha value is -0.540. The highest BCUT2D eigenvalue weighted by molar-refractivity contribution is 6.27. The Labute approximate surface area is 87.7 Å². The highest BCUT2D eigenvalue weighted by Crippen LogP contribution is 2.47. The molecule has 3 aliphatic rings. The Morgan fingerprint density at radius 3 is 3.21 bits per heavy atom. The number of hydrogen-bond acceptors (Lipinski definition) is 2. The zero-order valence-electron chi connectivity index (χ0n) is 7.78. The van der Waals surface area contributed by atoms with Crippen LogP contribution >= 0.6 is 11.6 Å². The van der Waals surface area contributed by atoms with Crippen LogP contribution in [-0.4, -0.2) is 41.5 Å². The molecule has 4 heteroatoms. The summed E-state index contributed by atoms with van der Waals surface area (Å²) in [4.78, 5) is 13.3. The maximum Gasteiger partial charge on any atom is 0.237 e. The monoisotopic (exact) mass is 213 g/mol. The number of alkyl halides is 1. The third kappa shape index (κ3) is 0.997. The molecule has 3 rings (SSSR count). The Bertz CT molecular complexity index is 317. The normalized spacial score (nSPS) is 43.4. The topological polar surface area (TPSA) is 29.5 Å². The molecular weight excluding hydrogens is 202 g/mol. The van der Waals surface area contributed by atoms with E-state index in [9.17, 15) is 4.79 Å². The first kappa shape index (κ1) is 8.74. The smallest absolute Gasteiger partial charge is 0.237 e. The number of rotatable bonds is 1. The molecule has 14 heavy (non-hydrogen) atoms. The fraction of sp³-hybridized carbons (Fsp3) is 0.700. The zero-order valence-corrected chi connectivity index (χ0v) is 8.54. The molecule has 3 nitrogen and oxygen atoms in total. The highest BCUT2D eigenvalue weighted by Gasteiger charge is 2.55. The molecule has 2 fully saturated rings. The van der Waals surface area contributed by atoms with Crippen molar-refractivity contribution in [1.29, 1.82) is 0 Å². The second kappa shape index (κ2) is 2.74. The quantitative estimate of drug-likeness (QED) is 0.476. The number of likely N-dealkylation sites (tertiary alicyclic amines) is 1. The van der Waals surface area contributed by atoms with E-state index in [0.717, 1.165) is 13.0 Å². The molecule has 0 aromatic heterocycles. The van der Waals surface area contributed by atoms with E-state index in [1.165, 1.54) is 0 Å². The van der Waals surface area contributed by atoms with Crippen LogP contribution in [-0.2, 0) is 9.53 Å². The lowest BCUT2D eigenvalue weighted by Gasteiger charge is -2.21. The molecule has 0 aromatic carbocycles. The Morgan fingerprint density at radius 2 is 2.57 bits per heavy atom. The molecule has 1 spiro atoms. The molecule has 2 saturated heterocycles. The van der Waals surface area contributed by atoms with Crippen LogP contribution in [0.4, 0.5) is 0 Å². The van der Waals surface area contributed by atoms with E-state index in [2.05, 4.69) is 12.2 Å². The first-order chi connectivity index (χ1) is 6.73. The summed E-state index contributed by atoms with van der Waals surface area (Å²) >= 11 is 5.54. The SMILES string of the molecule is O=C(CCl)N1C[C@H]2C[C@@H]3C=C[C@@]2(C1)O3. The number of carbonyl (C=O) groups is 1. The lowest BCUT2D eigenvalue weighted by atomic mass is 9.86. The Morgan fingerprint density at radius 1 is 1.71 bits per heavy atom. The van der Waals surface area contributed by atoms with Crippen LogP contribution in [0, 0.1) is 5.92 Å². The van der Waals surface area contributed by atoms with Gasteiger partial charge in [-0.3, -0.25) is 4.79 Å². The summed E-state index contributed by atoms with van der Waals surface area (Å²) in [5.74, 6) is 0.594. The molecule has 76 valence electrons. The lowest BCUT2D eigenvalue weighted by Crippen LogP contribution is -2.36. The van der Waals surface area contributed by atoms with Gasteiger partial charge in [0, 0.05) is 12.5 Å². The van der Waals surface area contributed by atoms with Crippen LogP contribution in [0.25, 0.3) is 0 Å². The van der Waals surface area contributed by atoms with Gasteiger partial charge in [0.1, 0.15) is 11.5 Å². The van der Waals surface area contributed by atoms with Crippen molar-refractivity contribution < 1.29 is 9.53 Å². The van der Waals surface area contributed by atoms with Crippen LogP contribution in [0.3, 0.4) is 0 Å². The minimum Gasteiger partial charge on any atom is -0.361 e. The van der Waals surface area contributed by atoms with Gasteiger partial charge in [-0.2, -0.15) is 0 Å². The first-order valence-corrected chi connectivity index (χ1v) is 5.48. The molecule has 3 aliphatic heterocycles. The van der Waals surface area contributed by atoms with Gasteiger partial charge in [-0.1, -0.05) is 12.2 Å². The number of hydrogen-bond donors (Lipinski definition) is 0. The number of carbonyl (C=O) groups excluding carboxylic acids is 1. The maximum absolute atomic E-state index is 11.4. The molecule has 3 atom stereocenters. The number of fused-ring (bicyclic) bond motifs is 1. The van der Waals surface area contributed by atoms with Gasteiger partial charge in [-0.05, 0) is 6.42 Å². The summed E-state index contributed by atoms with van der Waals surface area (Å²) in [5, 5.41) is 0. The maximum atomic E-state index is 11.4. The fourth-order valence-corrected chi connectivity index (χ4v) is 2.99. The van der Waals surface area contributed by atoms with Crippen molar-refractivity contribution in [2.75, 3.05) is 19.0 Å². The number of halogens is 1. The van der Waals surface area contributed by atoms with Gasteiger partial charge in [0.2, 0.25) is 5.91 Å². The molecule has 2 bridgehead atoms. The number of amides is 1. The minimum absolute atomic E-state index is 0.0240. The van der Waals surface area contributed by atoms with Crippen molar-refractivity contribution in [3.05, 3.63) is 12.2 Å². The zero-order chi connectivity index (χ0) is 9.76. The second-order valence-corrected chi connectivity index (χ2v) is 4.58. The minimum atomic E-state index is -0.160. The summed E-state index contributed by atoms with van der Waals surface area (Å²) in [6.45, 7) is 1.50. The van der Waals surface area contributed by atoms with Crippen molar-refractivity contribution >= 4 is 17.5 Å². The van der Waals surface area contributed by atoms with Gasteiger partial charge in [0.25, 0.3) is 0 Å². The van der Waals surface area contributed by atoms with Crippen molar-refractivity contribution in [3.8, 4) is 0 Å². The lowest BCUT2D eigenvalue weighted by molar-refractivity contribution is -0.128. The van der Waals surface area contributed by atoms with Crippen LogP contribution in [0.2, 0.25) is 0 Å². The van der Waals surface area contributed by atoms with E-state index in [-0.39, 0.29) is 17.4 Å². The predicted molar refractivity (Wildman–Crippen MR) is 52.2 cm³/mol. The Kier molecular flexibility index (Phi) is 1.71. The van der Waals surface area contributed by atoms with Gasteiger partial charge < -0.3 is 9.64 Å². The van der Waals surface area contributed by atoms with E-state index in [1.807, 2.05) is 4.90 Å². The van der Waals surface area contributed by atoms with E-state index in [0.29, 0.717) is 18.6 Å². The van der Waals surface area contributed by atoms with Crippen molar-refractivity contribution in [2.24, 2.45) is 5.92 Å². The van der Waals surface area contributed by atoms with Gasteiger partial charge in [-0.15, -0.1) is 11.6 Å². The molecule has 1 amide bonds. The van der Waals surface area contributed by atoms with Gasteiger partial charge >= 0.3 is 0 Å². The third-order valence-electron chi connectivity index (χ3n) is 3.52. The molecule has 0 radical (unpaired) electrons. The summed E-state index contributed by atoms with van der Waals surface area (Å²) < 4.78 is 5.86. The molecule has 0 saturated carbocycles. The molecule has 0 N–H and O–H groups in total. The van der Waals surface area contributed by atoms with E-state index in [4.69, 9.17) is 16.3 Å². The summed E-state index contributed by atoms with van der Waals surface area (Å²) in [6.07, 6.45) is 5.61. The van der Waals surface area contributed by atoms with E-state index in [1.54, 1.807) is 0 Å². The average molecular weight is 214 g/mol. The van der Waals surface area contributed by atoms with Crippen molar-refractivity contribution in [1.82, 2.24) is 4.90 Å². The standard InChI is InChI=1S/C10H12ClNO2/c11-4-9(13)12-5-7-3-8-1-2-10(7,6-12)14-8/h1-2,7-8H,3-6H2/t7-,8+,10+/m1/s1. The number of nitrogens with zero attached hydrogens (tertiary/aromatic N) is 1. The van der Waals surface area contributed by atoms with Crippen molar-refractivity contribution in [2.45, 2.75) is 18.1 Å². The van der Waals surface area contributed by atoms with Gasteiger partial charge in [0.05, 0.1) is 12.6 Å². The fourth-order valence-electron chi connectivity index (χ4n) is 2.82. The van der Waals surface area contributed by atoms with Crippen LogP contribution in [0.1, 0.15) is 6.42 Å². The van der Waals surface area contributed by atoms with E-state index < -0.39 is 0 Å².